The van der Waals surface area contributed by atoms with Crippen molar-refractivity contribution in [2.45, 2.75) is 63.6 Å². The SMILES string of the molecule is O=C(NC1CCCC1)[C@H](Cc1ccccc1)N(Cc1ccccc1Cl)C(=O)CCCOc1ccccc1. The predicted octanol–water partition coefficient (Wildman–Crippen LogP) is 6.20. The fraction of sp³-hybridized carbons (Fsp3) is 0.355. The van der Waals surface area contributed by atoms with E-state index in [0.29, 0.717) is 24.5 Å². The van der Waals surface area contributed by atoms with Crippen molar-refractivity contribution in [3.63, 3.8) is 0 Å². The molecule has 2 amide bonds. The molecule has 0 saturated heterocycles. The van der Waals surface area contributed by atoms with Gasteiger partial charge in [-0.05, 0) is 48.6 Å². The average molecular weight is 519 g/mol. The summed E-state index contributed by atoms with van der Waals surface area (Å²) in [5, 5.41) is 3.82. The highest BCUT2D eigenvalue weighted by Gasteiger charge is 2.32. The minimum absolute atomic E-state index is 0.0842. The molecule has 0 bridgehead atoms. The molecule has 3 aromatic rings. The molecule has 1 saturated carbocycles. The van der Waals surface area contributed by atoms with Crippen LogP contribution in [-0.4, -0.2) is 35.4 Å². The third kappa shape index (κ3) is 8.09. The van der Waals surface area contributed by atoms with Crippen LogP contribution in [0.5, 0.6) is 5.75 Å². The van der Waals surface area contributed by atoms with Gasteiger partial charge in [-0.25, -0.2) is 0 Å². The van der Waals surface area contributed by atoms with Crippen molar-refractivity contribution in [3.8, 4) is 5.75 Å². The number of para-hydroxylation sites is 1. The molecule has 1 fully saturated rings. The molecular weight excluding hydrogens is 484 g/mol. The molecular formula is C31H35ClN2O3. The van der Waals surface area contributed by atoms with Crippen LogP contribution in [0.3, 0.4) is 0 Å². The van der Waals surface area contributed by atoms with E-state index in [4.69, 9.17) is 16.3 Å². The lowest BCUT2D eigenvalue weighted by Crippen LogP contribution is -2.52. The summed E-state index contributed by atoms with van der Waals surface area (Å²) in [5.41, 5.74) is 1.84. The molecule has 0 unspecified atom stereocenters. The molecule has 0 radical (unpaired) electrons. The summed E-state index contributed by atoms with van der Waals surface area (Å²) in [6.07, 6.45) is 5.48. The van der Waals surface area contributed by atoms with Gasteiger partial charge in [0.25, 0.3) is 0 Å². The van der Waals surface area contributed by atoms with Crippen LogP contribution in [0.1, 0.15) is 49.7 Å². The largest absolute Gasteiger partial charge is 0.494 e. The van der Waals surface area contributed by atoms with Gasteiger partial charge < -0.3 is 15.0 Å². The van der Waals surface area contributed by atoms with Crippen LogP contribution in [0.25, 0.3) is 0 Å². The standard InChI is InChI=1S/C31H35ClN2O3/c32-28-19-10-7-14-25(28)23-34(30(35)20-11-21-37-27-17-5-2-6-18-27)29(22-24-12-3-1-4-13-24)31(36)33-26-15-8-9-16-26/h1-7,10,12-14,17-19,26,29H,8-9,11,15-16,20-23H2,(H,33,36)/t29-/m0/s1. The second-order valence-electron chi connectivity index (χ2n) is 9.57. The van der Waals surface area contributed by atoms with E-state index in [2.05, 4.69) is 5.32 Å². The van der Waals surface area contributed by atoms with Gasteiger partial charge in [0.2, 0.25) is 11.8 Å². The van der Waals surface area contributed by atoms with E-state index in [1.807, 2.05) is 84.9 Å². The van der Waals surface area contributed by atoms with Crippen LogP contribution >= 0.6 is 11.6 Å². The number of hydrogen-bond donors (Lipinski definition) is 1. The first-order valence-electron chi connectivity index (χ1n) is 13.1. The third-order valence-electron chi connectivity index (χ3n) is 6.82. The van der Waals surface area contributed by atoms with Gasteiger partial charge in [-0.2, -0.15) is 0 Å². The summed E-state index contributed by atoms with van der Waals surface area (Å²) in [7, 11) is 0. The Morgan fingerprint density at radius 3 is 2.27 bits per heavy atom. The lowest BCUT2D eigenvalue weighted by atomic mass is 10.0. The summed E-state index contributed by atoms with van der Waals surface area (Å²) in [6.45, 7) is 0.695. The average Bonchev–Trinajstić information content (AvgIpc) is 3.43. The molecule has 1 atom stereocenters. The number of rotatable bonds is 12. The molecule has 1 aliphatic carbocycles. The zero-order valence-corrected chi connectivity index (χ0v) is 21.9. The normalized spacial score (nSPS) is 14.2. The summed E-state index contributed by atoms with van der Waals surface area (Å²) in [4.78, 5) is 29.1. The topological polar surface area (TPSA) is 58.6 Å². The second-order valence-corrected chi connectivity index (χ2v) is 9.98. The fourth-order valence-electron chi connectivity index (χ4n) is 4.81. The molecule has 37 heavy (non-hydrogen) atoms. The summed E-state index contributed by atoms with van der Waals surface area (Å²) >= 11 is 6.49. The quantitative estimate of drug-likeness (QED) is 0.290. The summed E-state index contributed by atoms with van der Waals surface area (Å²) in [5.74, 6) is 0.594. The smallest absolute Gasteiger partial charge is 0.243 e. The van der Waals surface area contributed by atoms with E-state index in [-0.39, 0.29) is 30.8 Å². The highest BCUT2D eigenvalue weighted by molar-refractivity contribution is 6.31. The van der Waals surface area contributed by atoms with Crippen molar-refractivity contribution >= 4 is 23.4 Å². The van der Waals surface area contributed by atoms with Gasteiger partial charge in [0, 0.05) is 30.5 Å². The molecule has 6 heteroatoms. The molecule has 1 N–H and O–H groups in total. The van der Waals surface area contributed by atoms with Crippen molar-refractivity contribution in [2.24, 2.45) is 0 Å². The molecule has 0 aliphatic heterocycles. The number of benzene rings is 3. The molecule has 4 rings (SSSR count). The van der Waals surface area contributed by atoms with Crippen LogP contribution in [0.15, 0.2) is 84.9 Å². The zero-order valence-electron chi connectivity index (χ0n) is 21.2. The highest BCUT2D eigenvalue weighted by atomic mass is 35.5. The van der Waals surface area contributed by atoms with E-state index in [1.165, 1.54) is 0 Å². The van der Waals surface area contributed by atoms with E-state index in [1.54, 1.807) is 4.90 Å². The van der Waals surface area contributed by atoms with Gasteiger partial charge in [-0.15, -0.1) is 0 Å². The Morgan fingerprint density at radius 1 is 0.919 bits per heavy atom. The summed E-state index contributed by atoms with van der Waals surface area (Å²) in [6, 6.07) is 26.5. The van der Waals surface area contributed by atoms with Crippen molar-refractivity contribution in [2.75, 3.05) is 6.61 Å². The van der Waals surface area contributed by atoms with Crippen molar-refractivity contribution < 1.29 is 14.3 Å². The fourth-order valence-corrected chi connectivity index (χ4v) is 5.00. The Balaban J connectivity index is 1.53. The molecule has 0 heterocycles. The molecule has 0 aromatic heterocycles. The number of carbonyl (C=O) groups is 2. The Hall–Kier alpha value is -3.31. The number of amides is 2. The molecule has 5 nitrogen and oxygen atoms in total. The van der Waals surface area contributed by atoms with E-state index < -0.39 is 6.04 Å². The Bertz CT molecular complexity index is 1130. The molecule has 0 spiro atoms. The lowest BCUT2D eigenvalue weighted by molar-refractivity contribution is -0.141. The Kier molecular flexibility index (Phi) is 10.0. The predicted molar refractivity (Wildman–Crippen MR) is 148 cm³/mol. The second kappa shape index (κ2) is 13.8. The van der Waals surface area contributed by atoms with Crippen LogP contribution in [0.4, 0.5) is 0 Å². The Morgan fingerprint density at radius 2 is 1.57 bits per heavy atom. The first-order valence-corrected chi connectivity index (χ1v) is 13.5. The van der Waals surface area contributed by atoms with Crippen LogP contribution in [0, 0.1) is 0 Å². The van der Waals surface area contributed by atoms with E-state index >= 15 is 0 Å². The number of carbonyl (C=O) groups excluding carboxylic acids is 2. The number of hydrogen-bond acceptors (Lipinski definition) is 3. The van der Waals surface area contributed by atoms with Crippen molar-refractivity contribution in [1.29, 1.82) is 0 Å². The maximum absolute atomic E-state index is 13.7. The third-order valence-corrected chi connectivity index (χ3v) is 7.19. The van der Waals surface area contributed by atoms with Gasteiger partial charge >= 0.3 is 0 Å². The maximum atomic E-state index is 13.7. The minimum Gasteiger partial charge on any atom is -0.494 e. The zero-order chi connectivity index (χ0) is 25.9. The first-order chi connectivity index (χ1) is 18.1. The number of ether oxygens (including phenoxy) is 1. The van der Waals surface area contributed by atoms with Gasteiger partial charge in [0.15, 0.2) is 0 Å². The monoisotopic (exact) mass is 518 g/mol. The number of halogens is 1. The summed E-state index contributed by atoms with van der Waals surface area (Å²) < 4.78 is 5.79. The molecule has 3 aromatic carbocycles. The van der Waals surface area contributed by atoms with Crippen LogP contribution in [0.2, 0.25) is 5.02 Å². The van der Waals surface area contributed by atoms with Gasteiger partial charge in [0.1, 0.15) is 11.8 Å². The maximum Gasteiger partial charge on any atom is 0.243 e. The van der Waals surface area contributed by atoms with E-state index in [0.717, 1.165) is 42.6 Å². The van der Waals surface area contributed by atoms with Gasteiger partial charge in [-0.3, -0.25) is 9.59 Å². The van der Waals surface area contributed by atoms with Crippen molar-refractivity contribution in [1.82, 2.24) is 10.2 Å². The van der Waals surface area contributed by atoms with Crippen molar-refractivity contribution in [3.05, 3.63) is 101 Å². The van der Waals surface area contributed by atoms with Gasteiger partial charge in [-0.1, -0.05) is 91.2 Å². The van der Waals surface area contributed by atoms with Crippen LogP contribution in [-0.2, 0) is 22.6 Å². The first kappa shape index (κ1) is 26.7. The molecule has 194 valence electrons. The number of nitrogens with zero attached hydrogens (tertiary/aromatic N) is 1. The van der Waals surface area contributed by atoms with Gasteiger partial charge in [0.05, 0.1) is 6.61 Å². The van der Waals surface area contributed by atoms with E-state index in [9.17, 15) is 9.59 Å². The molecule has 1 aliphatic rings. The number of nitrogens with one attached hydrogen (secondary N) is 1. The van der Waals surface area contributed by atoms with Crippen LogP contribution < -0.4 is 10.1 Å². The Labute approximate surface area is 224 Å². The lowest BCUT2D eigenvalue weighted by Gasteiger charge is -2.32. The highest BCUT2D eigenvalue weighted by Crippen LogP contribution is 2.23. The minimum atomic E-state index is -0.637.